The molecule has 0 radical (unpaired) electrons. The van der Waals surface area contributed by atoms with Crippen LogP contribution >= 0.6 is 0 Å². The van der Waals surface area contributed by atoms with E-state index < -0.39 is 0 Å². The number of fused-ring (bicyclic) bond motifs is 3. The predicted molar refractivity (Wildman–Crippen MR) is 146 cm³/mol. The van der Waals surface area contributed by atoms with Gasteiger partial charge in [0.2, 0.25) is 0 Å². The maximum atomic E-state index is 9.20. The Labute approximate surface area is 204 Å². The van der Waals surface area contributed by atoms with Crippen molar-refractivity contribution in [1.29, 1.82) is 5.26 Å². The summed E-state index contributed by atoms with van der Waals surface area (Å²) in [4.78, 5) is 2.27. The van der Waals surface area contributed by atoms with Crippen molar-refractivity contribution in [3.63, 3.8) is 0 Å². The second-order valence-corrected chi connectivity index (χ2v) is 8.60. The van der Waals surface area contributed by atoms with E-state index in [2.05, 4.69) is 114 Å². The lowest BCUT2D eigenvalue weighted by Gasteiger charge is -2.25. The van der Waals surface area contributed by atoms with E-state index in [1.165, 1.54) is 27.3 Å². The van der Waals surface area contributed by atoms with Crippen molar-refractivity contribution in [2.45, 2.75) is 0 Å². The number of para-hydroxylation sites is 2. The van der Waals surface area contributed by atoms with E-state index in [1.54, 1.807) is 0 Å². The fraction of sp³-hybridized carbons (Fsp3) is 0. The second-order valence-electron chi connectivity index (χ2n) is 8.60. The highest BCUT2D eigenvalue weighted by molar-refractivity contribution is 6.08. The van der Waals surface area contributed by atoms with Crippen LogP contribution in [-0.4, -0.2) is 0 Å². The minimum Gasteiger partial charge on any atom is -0.311 e. The van der Waals surface area contributed by atoms with Gasteiger partial charge in [0.15, 0.2) is 0 Å². The van der Waals surface area contributed by atoms with Crippen LogP contribution in [0.3, 0.4) is 0 Å². The molecule has 0 aliphatic heterocycles. The van der Waals surface area contributed by atoms with Crippen molar-refractivity contribution < 1.29 is 0 Å². The van der Waals surface area contributed by atoms with Crippen molar-refractivity contribution >= 4 is 38.6 Å². The van der Waals surface area contributed by atoms with E-state index in [9.17, 15) is 5.26 Å². The Kier molecular flexibility index (Phi) is 5.22. The number of hydrogen-bond acceptors (Lipinski definition) is 2. The molecule has 0 saturated carbocycles. The second kappa shape index (κ2) is 8.82. The molecule has 0 aliphatic rings. The molecule has 6 aromatic rings. The first kappa shape index (κ1) is 20.7. The smallest absolute Gasteiger partial charge is 0.0991 e. The lowest BCUT2D eigenvalue weighted by molar-refractivity contribution is 1.28. The van der Waals surface area contributed by atoms with E-state index >= 15 is 0 Å². The molecule has 35 heavy (non-hydrogen) atoms. The number of hydrogen-bond donors (Lipinski definition) is 0. The van der Waals surface area contributed by atoms with Gasteiger partial charge in [-0.15, -0.1) is 0 Å². The van der Waals surface area contributed by atoms with Crippen LogP contribution in [0.5, 0.6) is 0 Å². The summed E-state index contributed by atoms with van der Waals surface area (Å²) in [5.74, 6) is 0. The highest BCUT2D eigenvalue weighted by Gasteiger charge is 2.12. The fourth-order valence-corrected chi connectivity index (χ4v) is 4.72. The Morgan fingerprint density at radius 2 is 0.971 bits per heavy atom. The minimum atomic E-state index is 0.689. The van der Waals surface area contributed by atoms with Crippen LogP contribution in [-0.2, 0) is 0 Å². The topological polar surface area (TPSA) is 27.0 Å². The van der Waals surface area contributed by atoms with Gasteiger partial charge < -0.3 is 4.90 Å². The van der Waals surface area contributed by atoms with Gasteiger partial charge in [0.25, 0.3) is 0 Å². The first-order chi connectivity index (χ1) is 17.3. The standard InChI is InChI=1S/C33H22N2/c34-23-24-11-19-32-27(21-24)12-13-28-22-26(16-20-33(28)32)25-14-17-31(18-15-25)35(29-7-3-1-4-8-29)30-9-5-2-6-10-30/h1-22H. The Bertz CT molecular complexity index is 1640. The van der Waals surface area contributed by atoms with Crippen LogP contribution in [0.4, 0.5) is 17.1 Å². The molecule has 0 spiro atoms. The van der Waals surface area contributed by atoms with Gasteiger partial charge >= 0.3 is 0 Å². The zero-order chi connectivity index (χ0) is 23.6. The Hall–Kier alpha value is -4.87. The summed E-state index contributed by atoms with van der Waals surface area (Å²) in [6.07, 6.45) is 0. The predicted octanol–water partition coefficient (Wildman–Crippen LogP) is 9.00. The van der Waals surface area contributed by atoms with Crippen molar-refractivity contribution in [3.8, 4) is 17.2 Å². The maximum absolute atomic E-state index is 9.20. The lowest BCUT2D eigenvalue weighted by Crippen LogP contribution is -2.09. The van der Waals surface area contributed by atoms with Gasteiger partial charge in [-0.25, -0.2) is 0 Å². The van der Waals surface area contributed by atoms with Gasteiger partial charge in [0.05, 0.1) is 11.6 Å². The molecule has 2 heteroatoms. The van der Waals surface area contributed by atoms with Crippen LogP contribution < -0.4 is 4.90 Å². The Morgan fingerprint density at radius 3 is 1.57 bits per heavy atom. The summed E-state index contributed by atoms with van der Waals surface area (Å²) in [7, 11) is 0. The number of anilines is 3. The lowest BCUT2D eigenvalue weighted by atomic mass is 9.96. The average molecular weight is 447 g/mol. The van der Waals surface area contributed by atoms with Crippen molar-refractivity contribution in [2.24, 2.45) is 0 Å². The molecule has 0 aliphatic carbocycles. The van der Waals surface area contributed by atoms with E-state index in [0.717, 1.165) is 22.4 Å². The zero-order valence-electron chi connectivity index (χ0n) is 19.1. The number of benzene rings is 6. The van der Waals surface area contributed by atoms with Crippen LogP contribution in [0.25, 0.3) is 32.7 Å². The highest BCUT2D eigenvalue weighted by Crippen LogP contribution is 2.36. The van der Waals surface area contributed by atoms with E-state index in [-0.39, 0.29) is 0 Å². The molecule has 6 aromatic carbocycles. The Morgan fingerprint density at radius 1 is 0.457 bits per heavy atom. The summed E-state index contributed by atoms with van der Waals surface area (Å²) in [5.41, 5.74) is 6.42. The highest BCUT2D eigenvalue weighted by atomic mass is 15.1. The van der Waals surface area contributed by atoms with E-state index in [4.69, 9.17) is 0 Å². The van der Waals surface area contributed by atoms with Gasteiger partial charge in [0, 0.05) is 17.1 Å². The summed E-state index contributed by atoms with van der Waals surface area (Å²) in [5, 5.41) is 13.9. The SMILES string of the molecule is N#Cc1ccc2c(ccc3cc(-c4ccc(N(c5ccccc5)c5ccccc5)cc4)ccc32)c1. The number of rotatable bonds is 4. The van der Waals surface area contributed by atoms with Gasteiger partial charge in [0.1, 0.15) is 0 Å². The molecule has 0 unspecified atom stereocenters. The molecule has 0 saturated heterocycles. The molecular weight excluding hydrogens is 424 g/mol. The third-order valence-electron chi connectivity index (χ3n) is 6.45. The first-order valence-corrected chi connectivity index (χ1v) is 11.7. The third-order valence-corrected chi connectivity index (χ3v) is 6.45. The van der Waals surface area contributed by atoms with E-state index in [0.29, 0.717) is 5.56 Å². The average Bonchev–Trinajstić information content (AvgIpc) is 2.94. The minimum absolute atomic E-state index is 0.689. The molecule has 164 valence electrons. The maximum Gasteiger partial charge on any atom is 0.0991 e. The van der Waals surface area contributed by atoms with Gasteiger partial charge in [-0.3, -0.25) is 0 Å². The molecule has 0 atom stereocenters. The molecule has 2 nitrogen and oxygen atoms in total. The molecule has 0 aromatic heterocycles. The van der Waals surface area contributed by atoms with Crippen LogP contribution in [0.15, 0.2) is 133 Å². The molecule has 0 bridgehead atoms. The van der Waals surface area contributed by atoms with Gasteiger partial charge in [-0.2, -0.15) is 5.26 Å². The summed E-state index contributed by atoms with van der Waals surface area (Å²) < 4.78 is 0. The normalized spacial score (nSPS) is 10.8. The van der Waals surface area contributed by atoms with E-state index in [1.807, 2.05) is 30.3 Å². The summed E-state index contributed by atoms with van der Waals surface area (Å²) >= 11 is 0. The third kappa shape index (κ3) is 3.90. The first-order valence-electron chi connectivity index (χ1n) is 11.7. The quantitative estimate of drug-likeness (QED) is 0.253. The number of nitriles is 1. The summed E-state index contributed by atoms with van der Waals surface area (Å²) in [6, 6.07) is 48.6. The zero-order valence-corrected chi connectivity index (χ0v) is 19.1. The van der Waals surface area contributed by atoms with Crippen molar-refractivity contribution in [1.82, 2.24) is 0 Å². The Balaban J connectivity index is 1.38. The molecule has 0 heterocycles. The fourth-order valence-electron chi connectivity index (χ4n) is 4.72. The van der Waals surface area contributed by atoms with Crippen LogP contribution in [0.1, 0.15) is 5.56 Å². The van der Waals surface area contributed by atoms with Crippen molar-refractivity contribution in [3.05, 3.63) is 139 Å². The molecule has 0 amide bonds. The number of nitrogens with zero attached hydrogens (tertiary/aromatic N) is 2. The van der Waals surface area contributed by atoms with Crippen LogP contribution in [0, 0.1) is 11.3 Å². The van der Waals surface area contributed by atoms with Crippen LogP contribution in [0.2, 0.25) is 0 Å². The van der Waals surface area contributed by atoms with Crippen molar-refractivity contribution in [2.75, 3.05) is 4.90 Å². The summed E-state index contributed by atoms with van der Waals surface area (Å²) in [6.45, 7) is 0. The molecule has 6 rings (SSSR count). The van der Waals surface area contributed by atoms with Gasteiger partial charge in [-0.05, 0) is 87.3 Å². The largest absolute Gasteiger partial charge is 0.311 e. The molecule has 0 N–H and O–H groups in total. The molecule has 0 fully saturated rings. The monoisotopic (exact) mass is 446 g/mol. The van der Waals surface area contributed by atoms with Gasteiger partial charge in [-0.1, -0.05) is 78.9 Å². The molecular formula is C33H22N2.